The van der Waals surface area contributed by atoms with Gasteiger partial charge in [-0.1, -0.05) is 0 Å². The molecule has 1 aromatic carbocycles. The average Bonchev–Trinajstić information content (AvgIpc) is 2.73. The first-order chi connectivity index (χ1) is 16.2. The van der Waals surface area contributed by atoms with Crippen LogP contribution in [-0.2, 0) is 14.8 Å². The monoisotopic (exact) mass is 575 g/mol. The van der Waals surface area contributed by atoms with E-state index in [0.717, 1.165) is 29.2 Å². The predicted octanol–water partition coefficient (Wildman–Crippen LogP) is 4.31. The van der Waals surface area contributed by atoms with Gasteiger partial charge >= 0.3 is 38.6 Å². The summed E-state index contributed by atoms with van der Waals surface area (Å²) >= 11 is 3.86. The molecule has 0 aliphatic rings. The van der Waals surface area contributed by atoms with Crippen molar-refractivity contribution in [1.29, 1.82) is 0 Å². The average molecular weight is 576 g/mol. The summed E-state index contributed by atoms with van der Waals surface area (Å²) in [7, 11) is -6.97. The quantitative estimate of drug-likeness (QED) is 0.0563. The molecule has 0 fully saturated rings. The predicted molar refractivity (Wildman–Crippen MR) is 107 cm³/mol. The number of non-ortho nitro benzene ring substituents is 1. The summed E-state index contributed by atoms with van der Waals surface area (Å²) in [6.45, 7) is 2.00. The molecule has 0 aliphatic carbocycles. The van der Waals surface area contributed by atoms with Crippen LogP contribution >= 0.6 is 11.6 Å². The molecule has 10 nitrogen and oxygen atoms in total. The molecule has 0 heterocycles. The molecule has 0 aliphatic heterocycles. The number of nitrogens with zero attached hydrogens (tertiary/aromatic N) is 5. The van der Waals surface area contributed by atoms with Gasteiger partial charge in [0.05, 0.1) is 10.5 Å². The number of amidine groups is 1. The van der Waals surface area contributed by atoms with E-state index in [-0.39, 0.29) is 18.7 Å². The minimum Gasteiger partial charge on any atom is -0.361 e. The van der Waals surface area contributed by atoms with E-state index >= 15 is 0 Å². The van der Waals surface area contributed by atoms with Gasteiger partial charge in [0, 0.05) is 25.2 Å². The van der Waals surface area contributed by atoms with Gasteiger partial charge in [-0.3, -0.25) is 10.1 Å². The van der Waals surface area contributed by atoms with Crippen molar-refractivity contribution >= 4 is 38.9 Å². The Bertz CT molecular complexity index is 1160. The zero-order valence-electron chi connectivity index (χ0n) is 17.8. The molecule has 0 spiro atoms. The minimum absolute atomic E-state index is 0.286. The molecule has 36 heavy (non-hydrogen) atoms. The van der Waals surface area contributed by atoms with Gasteiger partial charge in [0.25, 0.3) is 5.69 Å². The minimum atomic E-state index is -6.97. The Morgan fingerprint density at radius 1 is 1.08 bits per heavy atom. The van der Waals surface area contributed by atoms with Gasteiger partial charge < -0.3 is 10.4 Å². The molecule has 0 amide bonds. The van der Waals surface area contributed by atoms with Gasteiger partial charge in [0.1, 0.15) is 0 Å². The Morgan fingerprint density at radius 2 is 1.56 bits per heavy atom. The third-order valence-corrected chi connectivity index (χ3v) is 5.70. The Morgan fingerprint density at radius 3 is 1.92 bits per heavy atom. The number of sulfonamides is 1. The second-order valence-electron chi connectivity index (χ2n) is 6.46. The highest BCUT2D eigenvalue weighted by Gasteiger charge is 2.74. The van der Waals surface area contributed by atoms with Crippen molar-refractivity contribution in [3.63, 3.8) is 0 Å². The number of nitro benzene ring substituents is 1. The maximum atomic E-state index is 14.3. The molecule has 0 aromatic heterocycles. The maximum absolute atomic E-state index is 14.3. The van der Waals surface area contributed by atoms with Gasteiger partial charge in [-0.15, -0.1) is 4.40 Å². The van der Waals surface area contributed by atoms with Crippen molar-refractivity contribution in [2.24, 2.45) is 4.40 Å². The summed E-state index contributed by atoms with van der Waals surface area (Å²) in [6, 6.07) is 3.36. The summed E-state index contributed by atoms with van der Waals surface area (Å²) in [4.78, 5) is 13.4. The fraction of sp³-hybridized carbons (Fsp3) is 0.500. The van der Waals surface area contributed by atoms with Crippen LogP contribution in [0, 0.1) is 10.1 Å². The van der Waals surface area contributed by atoms with Crippen molar-refractivity contribution in [3.8, 4) is 0 Å². The standard InChI is InChI=1S/C16H14ClF8N5O5S/c1-3-29(4-2)12(11(27-26)9-5-7-10(8-6-9)30(31)32)28-36(33,34)16(24,25)15(22,23)35-14(20,21)13(17,18)19/h5-8H,3-4H2,1-2H3/b28-12-. The van der Waals surface area contributed by atoms with E-state index in [1.54, 1.807) is 0 Å². The molecular formula is C16H14ClF8N5O5S. The molecule has 202 valence electrons. The first-order valence-corrected chi connectivity index (χ1v) is 11.0. The normalized spacial score (nSPS) is 13.8. The molecule has 1 rings (SSSR count). The summed E-state index contributed by atoms with van der Waals surface area (Å²) in [5, 5.41) is -1.86. The van der Waals surface area contributed by atoms with Crippen LogP contribution in [0.3, 0.4) is 0 Å². The molecule has 0 N–H and O–H groups in total. The molecule has 0 saturated heterocycles. The number of hydrogen-bond donors (Lipinski definition) is 0. The van der Waals surface area contributed by atoms with Crippen molar-refractivity contribution in [2.45, 2.75) is 36.7 Å². The van der Waals surface area contributed by atoms with Crippen LogP contribution in [0.4, 0.5) is 40.8 Å². The summed E-state index contributed by atoms with van der Waals surface area (Å²) in [5.41, 5.74) is 7.49. The van der Waals surface area contributed by atoms with Gasteiger partial charge in [0.15, 0.2) is 0 Å². The first-order valence-electron chi connectivity index (χ1n) is 9.16. The Labute approximate surface area is 201 Å². The number of benzene rings is 1. The Kier molecular flexibility index (Phi) is 9.18. The van der Waals surface area contributed by atoms with Crippen LogP contribution < -0.4 is 0 Å². The van der Waals surface area contributed by atoms with Crippen molar-refractivity contribution in [1.82, 2.24) is 4.90 Å². The lowest BCUT2D eigenvalue weighted by molar-refractivity contribution is -0.442. The number of nitro groups is 1. The highest BCUT2D eigenvalue weighted by atomic mass is 35.5. The second kappa shape index (κ2) is 10.6. The molecule has 0 bridgehead atoms. The van der Waals surface area contributed by atoms with E-state index in [1.165, 1.54) is 13.8 Å². The summed E-state index contributed by atoms with van der Waals surface area (Å²) in [6.07, 6.45) is -13.3. The number of rotatable bonds is 11. The van der Waals surface area contributed by atoms with E-state index in [1.807, 2.05) is 0 Å². The molecule has 0 saturated carbocycles. The Hall–Kier alpha value is -2.89. The second-order valence-corrected chi connectivity index (χ2v) is 8.59. The lowest BCUT2D eigenvalue weighted by Gasteiger charge is -2.29. The molecule has 20 heteroatoms. The fourth-order valence-electron chi connectivity index (χ4n) is 2.35. The maximum Gasteiger partial charge on any atom is 0.455 e. The van der Waals surface area contributed by atoms with E-state index in [9.17, 15) is 59.2 Å². The topological polar surface area (TPSA) is 139 Å². The number of hydrogen-bond acceptors (Lipinski definition) is 5. The smallest absolute Gasteiger partial charge is 0.361 e. The number of ether oxygens (including phenoxy) is 1. The summed E-state index contributed by atoms with van der Waals surface area (Å²) in [5.74, 6) is -1.23. The van der Waals surface area contributed by atoms with E-state index in [0.29, 0.717) is 0 Å². The van der Waals surface area contributed by atoms with E-state index < -0.39 is 55.0 Å². The number of halogens is 9. The fourth-order valence-corrected chi connectivity index (χ4v) is 3.27. The summed E-state index contributed by atoms with van der Waals surface area (Å²) < 4.78 is 136. The zero-order valence-corrected chi connectivity index (χ0v) is 19.4. The van der Waals surface area contributed by atoms with Crippen LogP contribution in [0.25, 0.3) is 5.53 Å². The largest absolute Gasteiger partial charge is 0.455 e. The van der Waals surface area contributed by atoms with Gasteiger partial charge in [-0.05, 0) is 37.6 Å². The van der Waals surface area contributed by atoms with Crippen LogP contribution in [0.5, 0.6) is 0 Å². The number of alkyl halides is 9. The van der Waals surface area contributed by atoms with Gasteiger partial charge in [0.2, 0.25) is 5.84 Å². The van der Waals surface area contributed by atoms with Gasteiger partial charge in [-0.2, -0.15) is 48.3 Å². The van der Waals surface area contributed by atoms with E-state index in [2.05, 4.69) is 25.5 Å². The van der Waals surface area contributed by atoms with Crippen molar-refractivity contribution < 1.29 is 58.0 Å². The Balaban J connectivity index is 3.73. The molecular weight excluding hydrogens is 562 g/mol. The molecule has 0 atom stereocenters. The highest BCUT2D eigenvalue weighted by Crippen LogP contribution is 2.48. The van der Waals surface area contributed by atoms with Crippen LogP contribution in [0.1, 0.15) is 19.4 Å². The van der Waals surface area contributed by atoms with Crippen molar-refractivity contribution in [2.75, 3.05) is 13.1 Å². The third-order valence-electron chi connectivity index (χ3n) is 4.18. The van der Waals surface area contributed by atoms with Crippen LogP contribution in [0.2, 0.25) is 0 Å². The lowest BCUT2D eigenvalue weighted by atomic mass is 10.1. The first kappa shape index (κ1) is 31.1. The van der Waals surface area contributed by atoms with Crippen molar-refractivity contribution in [3.05, 3.63) is 45.5 Å². The molecule has 0 radical (unpaired) electrons. The molecule has 1 aromatic rings. The molecule has 0 unspecified atom stereocenters. The van der Waals surface area contributed by atoms with Crippen LogP contribution in [0.15, 0.2) is 28.7 Å². The lowest BCUT2D eigenvalue weighted by Crippen LogP contribution is -2.54. The zero-order chi connectivity index (χ0) is 28.3. The van der Waals surface area contributed by atoms with Gasteiger partial charge in [-0.25, -0.2) is 4.74 Å². The van der Waals surface area contributed by atoms with Crippen LogP contribution in [-0.4, -0.2) is 70.5 Å². The highest BCUT2D eigenvalue weighted by molar-refractivity contribution is 7.91. The third kappa shape index (κ3) is 6.26. The van der Waals surface area contributed by atoms with E-state index in [4.69, 9.17) is 0 Å². The number of likely N-dealkylation sites (N-methyl/N-ethyl adjacent to an activating group) is 1. The SMILES string of the molecule is CCN(CC)/C(=N\S(=O)(=O)C(F)(F)C(F)(F)OC(F)(F)C(F)(F)Cl)C(=[N+]=[N-])c1ccc([N+](=O)[O-])cc1.